The predicted octanol–water partition coefficient (Wildman–Crippen LogP) is 5.83. The van der Waals surface area contributed by atoms with Crippen LogP contribution in [0.3, 0.4) is 0 Å². The normalized spacial score (nSPS) is 14.2. The Morgan fingerprint density at radius 2 is 1.73 bits per heavy atom. The summed E-state index contributed by atoms with van der Waals surface area (Å²) < 4.78 is 31.0. The molecule has 5 rings (SSSR count). The Kier molecular flexibility index (Phi) is 5.69. The van der Waals surface area contributed by atoms with Crippen LogP contribution in [0.4, 0.5) is 0 Å². The lowest BCUT2D eigenvalue weighted by molar-refractivity contribution is 0.394. The van der Waals surface area contributed by atoms with Crippen LogP contribution in [0.5, 0.6) is 0 Å². The Balaban J connectivity index is 1.42. The molecule has 4 nitrogen and oxygen atoms in total. The van der Waals surface area contributed by atoms with E-state index < -0.39 is 10.0 Å². The highest BCUT2D eigenvalue weighted by atomic mass is 32.2. The Morgan fingerprint density at radius 1 is 0.939 bits per heavy atom. The number of hydrogen-bond donors (Lipinski definition) is 0. The number of fused-ring (bicyclic) bond motifs is 1. The summed E-state index contributed by atoms with van der Waals surface area (Å²) in [7, 11) is -3.17. The quantitative estimate of drug-likeness (QED) is 0.379. The summed E-state index contributed by atoms with van der Waals surface area (Å²) >= 11 is 0. The van der Waals surface area contributed by atoms with E-state index in [0.717, 1.165) is 29.7 Å². The molecule has 1 aromatic heterocycles. The number of hydrogen-bond acceptors (Lipinski definition) is 3. The second kappa shape index (κ2) is 8.65. The lowest BCUT2D eigenvalue weighted by atomic mass is 9.90. The van der Waals surface area contributed by atoms with Gasteiger partial charge in [-0.25, -0.2) is 8.42 Å². The van der Waals surface area contributed by atoms with Crippen LogP contribution in [-0.4, -0.2) is 25.5 Å². The van der Waals surface area contributed by atoms with Crippen LogP contribution in [0.2, 0.25) is 0 Å². The first-order valence-electron chi connectivity index (χ1n) is 11.2. The Bertz CT molecular complexity index is 1390. The highest BCUT2D eigenvalue weighted by Gasteiger charge is 2.24. The molecule has 0 spiro atoms. The van der Waals surface area contributed by atoms with Crippen molar-refractivity contribution in [2.24, 2.45) is 0 Å². The predicted molar refractivity (Wildman–Crippen MR) is 133 cm³/mol. The van der Waals surface area contributed by atoms with E-state index in [1.54, 1.807) is 10.6 Å². The fourth-order valence-electron chi connectivity index (χ4n) is 4.68. The summed E-state index contributed by atoms with van der Waals surface area (Å²) in [5.41, 5.74) is 9.66. The highest BCUT2D eigenvalue weighted by molar-refractivity contribution is 7.88. The van der Waals surface area contributed by atoms with Gasteiger partial charge in [0.15, 0.2) is 0 Å². The van der Waals surface area contributed by atoms with E-state index in [1.807, 2.05) is 18.2 Å². The number of furan rings is 1. The third-order valence-electron chi connectivity index (χ3n) is 6.50. The molecule has 5 heteroatoms. The van der Waals surface area contributed by atoms with E-state index in [2.05, 4.69) is 61.5 Å². The SMILES string of the molecule is Cc1ccc(Cc2cccc3c2CCN(S(C)(=O)=O)C3)cc1-c1ccc(-c2ccco2)cc1. The molecule has 0 saturated carbocycles. The molecule has 4 aromatic rings. The molecule has 0 radical (unpaired) electrons. The zero-order chi connectivity index (χ0) is 23.0. The number of nitrogens with zero attached hydrogens (tertiary/aromatic N) is 1. The second-order valence-corrected chi connectivity index (χ2v) is 10.8. The molecule has 3 aromatic carbocycles. The summed E-state index contributed by atoms with van der Waals surface area (Å²) in [6.45, 7) is 3.15. The fourth-order valence-corrected chi connectivity index (χ4v) is 5.47. The molecule has 33 heavy (non-hydrogen) atoms. The summed E-state index contributed by atoms with van der Waals surface area (Å²) in [6, 6.07) is 25.3. The van der Waals surface area contributed by atoms with Crippen molar-refractivity contribution in [3.05, 3.63) is 107 Å². The maximum absolute atomic E-state index is 12.0. The van der Waals surface area contributed by atoms with Crippen LogP contribution in [-0.2, 0) is 29.4 Å². The van der Waals surface area contributed by atoms with Gasteiger partial charge in [0.05, 0.1) is 12.5 Å². The zero-order valence-electron chi connectivity index (χ0n) is 18.9. The minimum absolute atomic E-state index is 0.461. The molecule has 0 bridgehead atoms. The molecular weight excluding hydrogens is 430 g/mol. The topological polar surface area (TPSA) is 50.5 Å². The smallest absolute Gasteiger partial charge is 0.211 e. The van der Waals surface area contributed by atoms with Crippen molar-refractivity contribution in [2.75, 3.05) is 12.8 Å². The Labute approximate surface area is 195 Å². The number of benzene rings is 3. The van der Waals surface area contributed by atoms with Gasteiger partial charge in [0.1, 0.15) is 5.76 Å². The first-order valence-corrected chi connectivity index (χ1v) is 13.0. The van der Waals surface area contributed by atoms with E-state index in [4.69, 9.17) is 4.42 Å². The lowest BCUT2D eigenvalue weighted by Crippen LogP contribution is -2.35. The first-order chi connectivity index (χ1) is 15.9. The van der Waals surface area contributed by atoms with E-state index >= 15 is 0 Å². The molecule has 0 amide bonds. The van der Waals surface area contributed by atoms with Crippen LogP contribution in [0.25, 0.3) is 22.5 Å². The molecule has 0 fully saturated rings. The second-order valence-electron chi connectivity index (χ2n) is 8.78. The fraction of sp³-hybridized carbons (Fsp3) is 0.214. The van der Waals surface area contributed by atoms with Crippen molar-refractivity contribution in [3.8, 4) is 22.5 Å². The molecule has 0 aliphatic carbocycles. The van der Waals surface area contributed by atoms with Gasteiger partial charge in [-0.3, -0.25) is 0 Å². The van der Waals surface area contributed by atoms with Gasteiger partial charge in [0, 0.05) is 18.7 Å². The van der Waals surface area contributed by atoms with Crippen molar-refractivity contribution in [1.29, 1.82) is 0 Å². The minimum atomic E-state index is -3.17. The Hall–Kier alpha value is -3.15. The molecule has 0 N–H and O–H groups in total. The number of sulfonamides is 1. The molecule has 0 saturated heterocycles. The van der Waals surface area contributed by atoms with E-state index in [9.17, 15) is 8.42 Å². The minimum Gasteiger partial charge on any atom is -0.464 e. The summed E-state index contributed by atoms with van der Waals surface area (Å²) in [5.74, 6) is 0.871. The van der Waals surface area contributed by atoms with Gasteiger partial charge in [-0.1, -0.05) is 60.7 Å². The van der Waals surface area contributed by atoms with Gasteiger partial charge < -0.3 is 4.42 Å². The Morgan fingerprint density at radius 3 is 2.45 bits per heavy atom. The number of aryl methyl sites for hydroxylation is 1. The van der Waals surface area contributed by atoms with Crippen LogP contribution >= 0.6 is 0 Å². The summed E-state index contributed by atoms with van der Waals surface area (Å²) in [5, 5.41) is 0. The van der Waals surface area contributed by atoms with Crippen LogP contribution in [0.15, 0.2) is 83.5 Å². The maximum Gasteiger partial charge on any atom is 0.211 e. The van der Waals surface area contributed by atoms with Gasteiger partial charge in [0.2, 0.25) is 10.0 Å². The molecule has 0 unspecified atom stereocenters. The molecule has 0 atom stereocenters. The highest BCUT2D eigenvalue weighted by Crippen LogP contribution is 2.30. The van der Waals surface area contributed by atoms with Gasteiger partial charge in [-0.05, 0) is 70.8 Å². The van der Waals surface area contributed by atoms with Crippen molar-refractivity contribution in [3.63, 3.8) is 0 Å². The third kappa shape index (κ3) is 4.52. The van der Waals surface area contributed by atoms with E-state index in [0.29, 0.717) is 13.1 Å². The van der Waals surface area contributed by atoms with Crippen molar-refractivity contribution in [1.82, 2.24) is 4.31 Å². The molecule has 1 aliphatic rings. The van der Waals surface area contributed by atoms with Crippen LogP contribution in [0, 0.1) is 6.92 Å². The van der Waals surface area contributed by atoms with Crippen LogP contribution in [0.1, 0.15) is 27.8 Å². The van der Waals surface area contributed by atoms with E-state index in [1.165, 1.54) is 39.6 Å². The number of rotatable bonds is 5. The third-order valence-corrected chi connectivity index (χ3v) is 7.74. The largest absolute Gasteiger partial charge is 0.464 e. The van der Waals surface area contributed by atoms with Crippen molar-refractivity contribution < 1.29 is 12.8 Å². The van der Waals surface area contributed by atoms with Gasteiger partial charge in [0.25, 0.3) is 0 Å². The average molecular weight is 458 g/mol. The van der Waals surface area contributed by atoms with Gasteiger partial charge in [-0.2, -0.15) is 4.31 Å². The molecule has 168 valence electrons. The summed E-state index contributed by atoms with van der Waals surface area (Å²) in [4.78, 5) is 0. The molecular formula is C28H27NO3S. The maximum atomic E-state index is 12.0. The average Bonchev–Trinajstić information content (AvgIpc) is 3.35. The van der Waals surface area contributed by atoms with E-state index in [-0.39, 0.29) is 0 Å². The monoisotopic (exact) mass is 457 g/mol. The van der Waals surface area contributed by atoms with Crippen molar-refractivity contribution >= 4 is 10.0 Å². The van der Waals surface area contributed by atoms with Crippen molar-refractivity contribution in [2.45, 2.75) is 26.3 Å². The van der Waals surface area contributed by atoms with Gasteiger partial charge in [-0.15, -0.1) is 0 Å². The summed E-state index contributed by atoms with van der Waals surface area (Å²) in [6.07, 6.45) is 4.57. The lowest BCUT2D eigenvalue weighted by Gasteiger charge is -2.28. The first kappa shape index (κ1) is 21.7. The van der Waals surface area contributed by atoms with Crippen LogP contribution < -0.4 is 0 Å². The van der Waals surface area contributed by atoms with Gasteiger partial charge >= 0.3 is 0 Å². The standard InChI is InChI=1S/C28H27NO3S/c1-20-8-9-21(18-27(20)22-10-12-23(13-11-22)28-7-4-16-32-28)17-24-5-3-6-25-19-29(33(2,30)31)15-14-26(24)25/h3-13,16,18H,14-15,17,19H2,1-2H3. The molecule has 2 heterocycles. The zero-order valence-corrected chi connectivity index (χ0v) is 19.7. The molecule has 1 aliphatic heterocycles.